The van der Waals surface area contributed by atoms with Gasteiger partial charge in [0.2, 0.25) is 11.8 Å². The maximum atomic E-state index is 12.6. The number of ether oxygens (including phenoxy) is 1. The van der Waals surface area contributed by atoms with E-state index in [1.807, 2.05) is 24.3 Å². The molecule has 162 valence electrons. The molecule has 0 fully saturated rings. The van der Waals surface area contributed by atoms with Crippen molar-refractivity contribution in [1.29, 1.82) is 5.26 Å². The van der Waals surface area contributed by atoms with Crippen LogP contribution in [-0.2, 0) is 9.59 Å². The Morgan fingerprint density at radius 1 is 1.19 bits per heavy atom. The lowest BCUT2D eigenvalue weighted by Crippen LogP contribution is -2.35. The minimum Gasteiger partial charge on any atom is -0.483 e. The van der Waals surface area contributed by atoms with Crippen LogP contribution >= 0.6 is 11.8 Å². The molecule has 1 aliphatic heterocycles. The number of alkyl halides is 3. The van der Waals surface area contributed by atoms with Crippen LogP contribution in [0.2, 0.25) is 0 Å². The topological polar surface area (TPSA) is 82.4 Å². The Morgan fingerprint density at radius 3 is 2.71 bits per heavy atom. The van der Waals surface area contributed by atoms with E-state index in [0.717, 1.165) is 16.3 Å². The molecule has 0 aromatic heterocycles. The number of rotatable bonds is 6. The highest BCUT2D eigenvalue weighted by Crippen LogP contribution is 2.34. The summed E-state index contributed by atoms with van der Waals surface area (Å²) in [6.07, 6.45) is -4.60. The Bertz CT molecular complexity index is 1020. The van der Waals surface area contributed by atoms with Crippen molar-refractivity contribution < 1.29 is 27.5 Å². The second-order valence-electron chi connectivity index (χ2n) is 6.64. The SMILES string of the molecule is N#Cc1cc(NC(=O)CCC(=O)N2CCSc3ccccc32)ccc1OCC(F)(F)F. The first-order valence-electron chi connectivity index (χ1n) is 9.32. The number of hydrogen-bond donors (Lipinski definition) is 1. The van der Waals surface area contributed by atoms with Crippen molar-refractivity contribution >= 4 is 35.0 Å². The van der Waals surface area contributed by atoms with E-state index in [0.29, 0.717) is 6.54 Å². The molecule has 31 heavy (non-hydrogen) atoms. The van der Waals surface area contributed by atoms with Gasteiger partial charge in [-0.25, -0.2) is 0 Å². The van der Waals surface area contributed by atoms with Crippen molar-refractivity contribution in [3.05, 3.63) is 48.0 Å². The molecular formula is C21H18F3N3O3S. The zero-order chi connectivity index (χ0) is 22.4. The number of nitrogens with one attached hydrogen (secondary N) is 1. The normalized spacial score (nSPS) is 13.2. The quantitative estimate of drug-likeness (QED) is 0.709. The van der Waals surface area contributed by atoms with Crippen LogP contribution in [0.4, 0.5) is 24.5 Å². The number of hydrogen-bond acceptors (Lipinski definition) is 5. The zero-order valence-electron chi connectivity index (χ0n) is 16.2. The molecule has 0 spiro atoms. The van der Waals surface area contributed by atoms with Crippen molar-refractivity contribution in [2.24, 2.45) is 0 Å². The van der Waals surface area contributed by atoms with Crippen LogP contribution in [0.1, 0.15) is 18.4 Å². The van der Waals surface area contributed by atoms with Gasteiger partial charge in [-0.15, -0.1) is 11.8 Å². The lowest BCUT2D eigenvalue weighted by Gasteiger charge is -2.29. The molecule has 1 aliphatic rings. The van der Waals surface area contributed by atoms with E-state index in [4.69, 9.17) is 5.26 Å². The second kappa shape index (κ2) is 9.75. The average Bonchev–Trinajstić information content (AvgIpc) is 2.75. The third-order valence-electron chi connectivity index (χ3n) is 4.37. The van der Waals surface area contributed by atoms with E-state index in [-0.39, 0.29) is 35.7 Å². The molecule has 1 N–H and O–H groups in total. The number of nitriles is 1. The molecule has 0 bridgehead atoms. The Balaban J connectivity index is 1.56. The lowest BCUT2D eigenvalue weighted by atomic mass is 10.2. The van der Waals surface area contributed by atoms with Crippen LogP contribution in [0.3, 0.4) is 0 Å². The summed E-state index contributed by atoms with van der Waals surface area (Å²) in [5.41, 5.74) is 0.922. The predicted octanol–water partition coefficient (Wildman–Crippen LogP) is 4.36. The van der Waals surface area contributed by atoms with Crippen LogP contribution in [0, 0.1) is 11.3 Å². The summed E-state index contributed by atoms with van der Waals surface area (Å²) in [6.45, 7) is -0.958. The predicted molar refractivity (Wildman–Crippen MR) is 110 cm³/mol. The first kappa shape index (κ1) is 22.5. The first-order valence-corrected chi connectivity index (χ1v) is 10.3. The molecule has 0 saturated heterocycles. The summed E-state index contributed by atoms with van der Waals surface area (Å²) in [6, 6.07) is 13.1. The first-order chi connectivity index (χ1) is 14.8. The monoisotopic (exact) mass is 449 g/mol. The largest absolute Gasteiger partial charge is 0.483 e. The van der Waals surface area contributed by atoms with Crippen molar-refractivity contribution in [3.63, 3.8) is 0 Å². The van der Waals surface area contributed by atoms with Crippen molar-refractivity contribution in [2.45, 2.75) is 23.9 Å². The van der Waals surface area contributed by atoms with Crippen LogP contribution < -0.4 is 15.0 Å². The maximum Gasteiger partial charge on any atom is 0.422 e. The van der Waals surface area contributed by atoms with Gasteiger partial charge in [0, 0.05) is 35.7 Å². The van der Waals surface area contributed by atoms with Gasteiger partial charge in [0.1, 0.15) is 11.8 Å². The Labute approximate surface area is 181 Å². The number of carbonyl (C=O) groups is 2. The van der Waals surface area contributed by atoms with Gasteiger partial charge in [-0.3, -0.25) is 9.59 Å². The summed E-state index contributed by atoms with van der Waals surface area (Å²) < 4.78 is 41.5. The number of anilines is 2. The summed E-state index contributed by atoms with van der Waals surface area (Å²) in [5.74, 6) is -0.0683. The number of halogens is 3. The van der Waals surface area contributed by atoms with Crippen molar-refractivity contribution in [3.8, 4) is 11.8 Å². The molecule has 6 nitrogen and oxygen atoms in total. The summed E-state index contributed by atoms with van der Waals surface area (Å²) in [5, 5.41) is 11.7. The molecule has 2 aromatic rings. The van der Waals surface area contributed by atoms with Gasteiger partial charge in [-0.2, -0.15) is 18.4 Å². The summed E-state index contributed by atoms with van der Waals surface area (Å²) in [7, 11) is 0. The highest BCUT2D eigenvalue weighted by Gasteiger charge is 2.29. The number of benzene rings is 2. The highest BCUT2D eigenvalue weighted by molar-refractivity contribution is 7.99. The van der Waals surface area contributed by atoms with E-state index in [2.05, 4.69) is 10.1 Å². The molecule has 2 aromatic carbocycles. The smallest absolute Gasteiger partial charge is 0.422 e. The Hall–Kier alpha value is -3.19. The van der Waals surface area contributed by atoms with Gasteiger partial charge in [-0.05, 0) is 30.3 Å². The van der Waals surface area contributed by atoms with Gasteiger partial charge >= 0.3 is 6.18 Å². The van der Waals surface area contributed by atoms with Gasteiger partial charge < -0.3 is 15.0 Å². The minimum atomic E-state index is -4.53. The van der Waals surface area contributed by atoms with E-state index in [1.54, 1.807) is 22.7 Å². The van der Waals surface area contributed by atoms with Gasteiger partial charge in [0.05, 0.1) is 11.3 Å². The summed E-state index contributed by atoms with van der Waals surface area (Å²) >= 11 is 1.67. The number of nitrogens with zero attached hydrogens (tertiary/aromatic N) is 2. The molecular weight excluding hydrogens is 431 g/mol. The van der Waals surface area contributed by atoms with Gasteiger partial charge in [0.15, 0.2) is 6.61 Å². The molecule has 3 rings (SSSR count). The third-order valence-corrected chi connectivity index (χ3v) is 5.41. The highest BCUT2D eigenvalue weighted by atomic mass is 32.2. The van der Waals surface area contributed by atoms with Gasteiger partial charge in [0.25, 0.3) is 0 Å². The van der Waals surface area contributed by atoms with Crippen molar-refractivity contribution in [2.75, 3.05) is 29.1 Å². The Kier molecular flexibility index (Phi) is 7.07. The van der Waals surface area contributed by atoms with Crippen LogP contribution in [0.5, 0.6) is 5.75 Å². The standard InChI is InChI=1S/C21H18F3N3O3S/c22-21(23,24)13-30-17-6-5-15(11-14(17)12-25)26-19(28)7-8-20(29)27-9-10-31-18-4-2-1-3-16(18)27/h1-6,11H,7-10,13H2,(H,26,28). The lowest BCUT2D eigenvalue weighted by molar-refractivity contribution is -0.153. The number of fused-ring (bicyclic) bond motifs is 1. The molecule has 0 radical (unpaired) electrons. The van der Waals surface area contributed by atoms with E-state index in [1.165, 1.54) is 18.2 Å². The second-order valence-corrected chi connectivity index (χ2v) is 7.77. The number of thioether (sulfide) groups is 1. The molecule has 10 heteroatoms. The maximum absolute atomic E-state index is 12.6. The molecule has 0 aliphatic carbocycles. The van der Waals surface area contributed by atoms with Crippen molar-refractivity contribution in [1.82, 2.24) is 0 Å². The fourth-order valence-electron chi connectivity index (χ4n) is 2.99. The molecule has 1 heterocycles. The molecule has 2 amide bonds. The van der Waals surface area contributed by atoms with Crippen LogP contribution in [0.25, 0.3) is 0 Å². The number of para-hydroxylation sites is 1. The van der Waals surface area contributed by atoms with E-state index in [9.17, 15) is 22.8 Å². The van der Waals surface area contributed by atoms with E-state index < -0.39 is 18.7 Å². The molecule has 0 saturated carbocycles. The fraction of sp³-hybridized carbons (Fsp3) is 0.286. The minimum absolute atomic E-state index is 0.00270. The Morgan fingerprint density at radius 2 is 1.97 bits per heavy atom. The average molecular weight is 449 g/mol. The van der Waals surface area contributed by atoms with Crippen LogP contribution in [-0.4, -0.2) is 36.9 Å². The zero-order valence-corrected chi connectivity index (χ0v) is 17.1. The van der Waals surface area contributed by atoms with E-state index >= 15 is 0 Å². The number of carbonyl (C=O) groups excluding carboxylic acids is 2. The molecule has 0 atom stereocenters. The van der Waals surface area contributed by atoms with Crippen LogP contribution in [0.15, 0.2) is 47.4 Å². The molecule has 0 unspecified atom stereocenters. The third kappa shape index (κ3) is 6.15. The summed E-state index contributed by atoms with van der Waals surface area (Å²) in [4.78, 5) is 27.5. The fourth-order valence-corrected chi connectivity index (χ4v) is 3.98. The number of amides is 2. The van der Waals surface area contributed by atoms with Gasteiger partial charge in [-0.1, -0.05) is 12.1 Å².